The quantitative estimate of drug-likeness (QED) is 0.734. The Balaban J connectivity index is 2.01. The summed E-state index contributed by atoms with van der Waals surface area (Å²) in [6, 6.07) is 5.79. The lowest BCUT2D eigenvalue weighted by atomic mass is 10.2. The second-order valence-corrected chi connectivity index (χ2v) is 7.58. The van der Waals surface area contributed by atoms with Gasteiger partial charge in [0.25, 0.3) is 5.91 Å². The van der Waals surface area contributed by atoms with Gasteiger partial charge in [-0.1, -0.05) is 42.6 Å². The molecule has 2 rings (SSSR count). The molecule has 1 amide bonds. The minimum atomic E-state index is -0.249. The molecule has 23 heavy (non-hydrogen) atoms. The molecule has 0 radical (unpaired) electrons. The molecule has 1 aromatic carbocycles. The molecule has 0 bridgehead atoms. The maximum Gasteiger partial charge on any atom is 0.261 e. The van der Waals surface area contributed by atoms with E-state index in [1.165, 1.54) is 12.8 Å². The zero-order valence-corrected chi connectivity index (χ0v) is 15.9. The van der Waals surface area contributed by atoms with Crippen LogP contribution < -0.4 is 15.4 Å². The van der Waals surface area contributed by atoms with E-state index in [-0.39, 0.29) is 5.91 Å². The molecule has 4 nitrogen and oxygen atoms in total. The minimum absolute atomic E-state index is 0.249. The molecule has 0 aliphatic heterocycles. The molecule has 2 N–H and O–H groups in total. The van der Waals surface area contributed by atoms with Crippen molar-refractivity contribution in [3.05, 3.63) is 28.2 Å². The summed E-state index contributed by atoms with van der Waals surface area (Å²) in [5.41, 5.74) is 0.482. The van der Waals surface area contributed by atoms with Gasteiger partial charge in [0, 0.05) is 10.5 Å². The fourth-order valence-corrected chi connectivity index (χ4v) is 3.14. The van der Waals surface area contributed by atoms with Gasteiger partial charge in [0.1, 0.15) is 5.75 Å². The first kappa shape index (κ1) is 18.2. The Labute approximate surface area is 151 Å². The summed E-state index contributed by atoms with van der Waals surface area (Å²) in [6.07, 6.45) is 4.64. The number of nitrogens with one attached hydrogen (secondary N) is 2. The number of amides is 1. The molecule has 1 aliphatic rings. The molecule has 1 fully saturated rings. The highest BCUT2D eigenvalue weighted by molar-refractivity contribution is 9.10. The first-order chi connectivity index (χ1) is 11.0. The van der Waals surface area contributed by atoms with Crippen LogP contribution in [0.2, 0.25) is 0 Å². The summed E-state index contributed by atoms with van der Waals surface area (Å²) >= 11 is 8.65. The van der Waals surface area contributed by atoms with E-state index < -0.39 is 0 Å². The summed E-state index contributed by atoms with van der Waals surface area (Å²) in [5.74, 6) is 0.711. The molecule has 126 valence electrons. The summed E-state index contributed by atoms with van der Waals surface area (Å²) in [5, 5.41) is 6.36. The zero-order chi connectivity index (χ0) is 16.8. The topological polar surface area (TPSA) is 50.4 Å². The molecule has 0 aromatic heterocycles. The number of halogens is 1. The Morgan fingerprint density at radius 1 is 1.39 bits per heavy atom. The van der Waals surface area contributed by atoms with Gasteiger partial charge in [-0.15, -0.1) is 0 Å². The van der Waals surface area contributed by atoms with Crippen LogP contribution in [0.1, 0.15) is 49.9 Å². The monoisotopic (exact) mass is 398 g/mol. The van der Waals surface area contributed by atoms with Crippen LogP contribution in [0.4, 0.5) is 0 Å². The second kappa shape index (κ2) is 8.64. The number of carbonyl (C=O) groups excluding carboxylic acids is 1. The number of rotatable bonds is 5. The van der Waals surface area contributed by atoms with Crippen LogP contribution in [0.3, 0.4) is 0 Å². The van der Waals surface area contributed by atoms with Gasteiger partial charge in [0.05, 0.1) is 12.2 Å². The van der Waals surface area contributed by atoms with Crippen molar-refractivity contribution < 1.29 is 9.53 Å². The zero-order valence-electron chi connectivity index (χ0n) is 13.5. The van der Waals surface area contributed by atoms with E-state index in [0.29, 0.717) is 35.0 Å². The van der Waals surface area contributed by atoms with E-state index in [0.717, 1.165) is 17.3 Å². The number of hydrogen-bond acceptors (Lipinski definition) is 3. The molecular weight excluding hydrogens is 376 g/mol. The predicted molar refractivity (Wildman–Crippen MR) is 99.9 cm³/mol. The molecule has 6 heteroatoms. The van der Waals surface area contributed by atoms with Crippen molar-refractivity contribution in [2.75, 3.05) is 6.61 Å². The number of carbonyl (C=O) groups is 1. The van der Waals surface area contributed by atoms with Gasteiger partial charge in [-0.05, 0) is 49.2 Å². The lowest BCUT2D eigenvalue weighted by Crippen LogP contribution is -2.43. The molecule has 1 saturated carbocycles. The molecule has 1 aliphatic carbocycles. The molecule has 0 atom stereocenters. The van der Waals surface area contributed by atoms with Crippen LogP contribution in [0.25, 0.3) is 0 Å². The third-order valence-corrected chi connectivity index (χ3v) is 4.39. The molecule has 0 saturated heterocycles. The van der Waals surface area contributed by atoms with Crippen molar-refractivity contribution in [1.82, 2.24) is 10.6 Å². The van der Waals surface area contributed by atoms with Crippen molar-refractivity contribution in [1.29, 1.82) is 0 Å². The van der Waals surface area contributed by atoms with Crippen molar-refractivity contribution in [2.45, 2.75) is 45.6 Å². The van der Waals surface area contributed by atoms with Gasteiger partial charge >= 0.3 is 0 Å². The van der Waals surface area contributed by atoms with E-state index >= 15 is 0 Å². The average Bonchev–Trinajstić information content (AvgIpc) is 2.98. The Bertz CT molecular complexity index is 572. The first-order valence-electron chi connectivity index (χ1n) is 8.00. The summed E-state index contributed by atoms with van der Waals surface area (Å²) in [4.78, 5) is 12.5. The van der Waals surface area contributed by atoms with E-state index in [2.05, 4.69) is 40.4 Å². The average molecular weight is 399 g/mol. The van der Waals surface area contributed by atoms with Crippen molar-refractivity contribution >= 4 is 39.2 Å². The van der Waals surface area contributed by atoms with Crippen molar-refractivity contribution in [3.8, 4) is 5.75 Å². The highest BCUT2D eigenvalue weighted by Crippen LogP contribution is 2.24. The van der Waals surface area contributed by atoms with Crippen LogP contribution in [-0.4, -0.2) is 23.7 Å². The molecule has 0 unspecified atom stereocenters. The summed E-state index contributed by atoms with van der Waals surface area (Å²) < 4.78 is 6.57. The SMILES string of the molecule is CC(C)COc1ccc(Br)cc1C(=O)NC(=S)NC1CCCC1. The fourth-order valence-electron chi connectivity index (χ4n) is 2.52. The summed E-state index contributed by atoms with van der Waals surface area (Å²) in [6.45, 7) is 4.70. The number of ether oxygens (including phenoxy) is 1. The Hall–Kier alpha value is -1.14. The number of thiocarbonyl (C=S) groups is 1. The maximum absolute atomic E-state index is 12.5. The molecule has 1 aromatic rings. The highest BCUT2D eigenvalue weighted by atomic mass is 79.9. The Morgan fingerprint density at radius 3 is 2.74 bits per heavy atom. The van der Waals surface area contributed by atoms with Crippen LogP contribution in [0.5, 0.6) is 5.75 Å². The van der Waals surface area contributed by atoms with Crippen LogP contribution in [-0.2, 0) is 0 Å². The fraction of sp³-hybridized carbons (Fsp3) is 0.529. The van der Waals surface area contributed by atoms with E-state index in [9.17, 15) is 4.79 Å². The lowest BCUT2D eigenvalue weighted by molar-refractivity contribution is 0.0971. The molecular formula is C17H23BrN2O2S. The standard InChI is InChI=1S/C17H23BrN2O2S/c1-11(2)10-22-15-8-7-12(18)9-14(15)16(21)20-17(23)19-13-5-3-4-6-13/h7-9,11,13H,3-6,10H2,1-2H3,(H2,19,20,21,23). The van der Waals surface area contributed by atoms with Crippen molar-refractivity contribution in [2.24, 2.45) is 5.92 Å². The van der Waals surface area contributed by atoms with Gasteiger partial charge in [0.15, 0.2) is 5.11 Å². The number of benzene rings is 1. The normalized spacial score (nSPS) is 14.8. The summed E-state index contributed by atoms with van der Waals surface area (Å²) in [7, 11) is 0. The third-order valence-electron chi connectivity index (χ3n) is 3.68. The van der Waals surface area contributed by atoms with Crippen molar-refractivity contribution in [3.63, 3.8) is 0 Å². The predicted octanol–water partition coefficient (Wildman–Crippen LogP) is 4.03. The van der Waals surface area contributed by atoms with Crippen LogP contribution in [0.15, 0.2) is 22.7 Å². The van der Waals surface area contributed by atoms with Crippen LogP contribution >= 0.6 is 28.1 Å². The van der Waals surface area contributed by atoms with E-state index in [1.807, 2.05) is 6.07 Å². The number of hydrogen-bond donors (Lipinski definition) is 2. The smallest absolute Gasteiger partial charge is 0.261 e. The second-order valence-electron chi connectivity index (χ2n) is 6.25. The van der Waals surface area contributed by atoms with Gasteiger partial charge in [-0.25, -0.2) is 0 Å². The van der Waals surface area contributed by atoms with Crippen LogP contribution in [0, 0.1) is 5.92 Å². The van der Waals surface area contributed by atoms with Gasteiger partial charge < -0.3 is 10.1 Å². The minimum Gasteiger partial charge on any atom is -0.492 e. The highest BCUT2D eigenvalue weighted by Gasteiger charge is 2.19. The van der Waals surface area contributed by atoms with E-state index in [4.69, 9.17) is 17.0 Å². The van der Waals surface area contributed by atoms with Gasteiger partial charge in [0.2, 0.25) is 0 Å². The third kappa shape index (κ3) is 5.77. The largest absolute Gasteiger partial charge is 0.492 e. The lowest BCUT2D eigenvalue weighted by Gasteiger charge is -2.17. The van der Waals surface area contributed by atoms with E-state index in [1.54, 1.807) is 12.1 Å². The van der Waals surface area contributed by atoms with Gasteiger partial charge in [-0.3, -0.25) is 10.1 Å². The Morgan fingerprint density at radius 2 is 2.09 bits per heavy atom. The Kier molecular flexibility index (Phi) is 6.84. The first-order valence-corrected chi connectivity index (χ1v) is 9.20. The van der Waals surface area contributed by atoms with Gasteiger partial charge in [-0.2, -0.15) is 0 Å². The molecule has 0 heterocycles. The molecule has 0 spiro atoms. The maximum atomic E-state index is 12.5.